The molecule has 116 valence electrons. The summed E-state index contributed by atoms with van der Waals surface area (Å²) in [5.41, 5.74) is -0.987. The van der Waals surface area contributed by atoms with Crippen LogP contribution in [0, 0.1) is 0 Å². The summed E-state index contributed by atoms with van der Waals surface area (Å²) in [6.45, 7) is 0. The molecule has 4 nitrogen and oxygen atoms in total. The Morgan fingerprint density at radius 2 is 1.52 bits per heavy atom. The average Bonchev–Trinajstić information content (AvgIpc) is 2.42. The normalized spacial score (nSPS) is 12.9. The van der Waals surface area contributed by atoms with Crippen LogP contribution < -0.4 is 0 Å². The summed E-state index contributed by atoms with van der Waals surface area (Å²) in [6, 6.07) is 4.60. The molecule has 0 spiro atoms. The van der Waals surface area contributed by atoms with Crippen LogP contribution in [0.4, 0.5) is 22.0 Å². The van der Waals surface area contributed by atoms with Crippen LogP contribution in [0.3, 0.4) is 0 Å². The fourth-order valence-corrected chi connectivity index (χ4v) is 1.39. The highest BCUT2D eigenvalue weighted by Gasteiger charge is 2.49. The molecule has 0 radical (unpaired) electrons. The third kappa shape index (κ3) is 4.14. The molecule has 1 aromatic rings. The van der Waals surface area contributed by atoms with Gasteiger partial charge in [0.25, 0.3) is 12.5 Å². The van der Waals surface area contributed by atoms with E-state index in [1.807, 2.05) is 0 Å². The van der Waals surface area contributed by atoms with Crippen LogP contribution >= 0.6 is 0 Å². The Kier molecular flexibility index (Phi) is 5.23. The molecule has 9 heteroatoms. The fraction of sp³-hybridized carbons (Fsp3) is 0.333. The summed E-state index contributed by atoms with van der Waals surface area (Å²) in [6.07, 6.45) is -12.9. The lowest BCUT2D eigenvalue weighted by Gasteiger charge is -2.20. The maximum Gasteiger partial charge on any atom is 0.431 e. The van der Waals surface area contributed by atoms with Crippen molar-refractivity contribution < 1.29 is 41.0 Å². The number of rotatable bonds is 4. The molecule has 0 saturated carbocycles. The molecular formula is C12H9F5O4. The SMILES string of the molecule is COC(=O)c1ccccc1C(=O)OC(C(F)F)C(F)(F)F. The smallest absolute Gasteiger partial charge is 0.431 e. The third-order valence-corrected chi connectivity index (χ3v) is 2.34. The van der Waals surface area contributed by atoms with E-state index in [0.29, 0.717) is 0 Å². The van der Waals surface area contributed by atoms with Gasteiger partial charge < -0.3 is 9.47 Å². The average molecular weight is 312 g/mol. The predicted molar refractivity (Wildman–Crippen MR) is 59.0 cm³/mol. The number of carbonyl (C=O) groups excluding carboxylic acids is 2. The van der Waals surface area contributed by atoms with E-state index < -0.39 is 36.2 Å². The Bertz CT molecular complexity index is 527. The van der Waals surface area contributed by atoms with Crippen molar-refractivity contribution in [2.24, 2.45) is 0 Å². The molecular weight excluding hydrogens is 303 g/mol. The van der Waals surface area contributed by atoms with Crippen molar-refractivity contribution in [3.05, 3.63) is 35.4 Å². The van der Waals surface area contributed by atoms with Crippen molar-refractivity contribution in [3.8, 4) is 0 Å². The molecule has 1 atom stereocenters. The molecule has 0 aliphatic heterocycles. The second kappa shape index (κ2) is 6.51. The lowest BCUT2D eigenvalue weighted by molar-refractivity contribution is -0.236. The molecule has 0 aliphatic carbocycles. The number of hydrogen-bond donors (Lipinski definition) is 0. The molecule has 1 rings (SSSR count). The monoisotopic (exact) mass is 312 g/mol. The molecule has 21 heavy (non-hydrogen) atoms. The Morgan fingerprint density at radius 3 is 1.90 bits per heavy atom. The van der Waals surface area contributed by atoms with E-state index >= 15 is 0 Å². The first-order valence-electron chi connectivity index (χ1n) is 5.41. The van der Waals surface area contributed by atoms with Crippen LogP contribution in [-0.4, -0.2) is 37.8 Å². The second-order valence-electron chi connectivity index (χ2n) is 3.74. The molecule has 0 amide bonds. The summed E-state index contributed by atoms with van der Waals surface area (Å²) in [5.74, 6) is -2.71. The molecule has 0 N–H and O–H groups in total. The van der Waals surface area contributed by atoms with Gasteiger partial charge in [-0.2, -0.15) is 13.2 Å². The Balaban J connectivity index is 3.07. The summed E-state index contributed by atoms with van der Waals surface area (Å²) in [7, 11) is 0.988. The molecule has 1 unspecified atom stereocenters. The first kappa shape index (κ1) is 16.9. The molecule has 0 saturated heterocycles. The largest absolute Gasteiger partial charge is 0.465 e. The van der Waals surface area contributed by atoms with Gasteiger partial charge in [-0.1, -0.05) is 12.1 Å². The van der Waals surface area contributed by atoms with Crippen molar-refractivity contribution in [1.82, 2.24) is 0 Å². The highest BCUT2D eigenvalue weighted by atomic mass is 19.4. The number of benzene rings is 1. The van der Waals surface area contributed by atoms with E-state index in [4.69, 9.17) is 0 Å². The summed E-state index contributed by atoms with van der Waals surface area (Å²) in [5, 5.41) is 0. The molecule has 0 aromatic heterocycles. The number of hydrogen-bond acceptors (Lipinski definition) is 4. The lowest BCUT2D eigenvalue weighted by atomic mass is 10.1. The zero-order valence-corrected chi connectivity index (χ0v) is 10.5. The van der Waals surface area contributed by atoms with Gasteiger partial charge in [0.15, 0.2) is 0 Å². The maximum absolute atomic E-state index is 12.3. The van der Waals surface area contributed by atoms with Crippen LogP contribution in [0.1, 0.15) is 20.7 Å². The third-order valence-electron chi connectivity index (χ3n) is 2.34. The van der Waals surface area contributed by atoms with Crippen LogP contribution in [0.5, 0.6) is 0 Å². The quantitative estimate of drug-likeness (QED) is 0.634. The number of halogens is 5. The number of methoxy groups -OCH3 is 1. The molecule has 0 aliphatic rings. The number of carbonyl (C=O) groups is 2. The summed E-state index contributed by atoms with van der Waals surface area (Å²) >= 11 is 0. The number of esters is 2. The van der Waals surface area contributed by atoms with Gasteiger partial charge in [-0.15, -0.1) is 0 Å². The minimum absolute atomic E-state index is 0.389. The van der Waals surface area contributed by atoms with E-state index in [1.165, 1.54) is 12.1 Å². The van der Waals surface area contributed by atoms with Gasteiger partial charge in [-0.25, -0.2) is 18.4 Å². The zero-order chi connectivity index (χ0) is 16.2. The fourth-order valence-electron chi connectivity index (χ4n) is 1.39. The van der Waals surface area contributed by atoms with Crippen LogP contribution in [0.25, 0.3) is 0 Å². The molecule has 1 aromatic carbocycles. The first-order valence-corrected chi connectivity index (χ1v) is 5.41. The predicted octanol–water partition coefficient (Wildman–Crippen LogP) is 2.83. The van der Waals surface area contributed by atoms with E-state index in [2.05, 4.69) is 9.47 Å². The van der Waals surface area contributed by atoms with Crippen molar-refractivity contribution >= 4 is 11.9 Å². The number of alkyl halides is 5. The lowest BCUT2D eigenvalue weighted by Crippen LogP contribution is -2.40. The van der Waals surface area contributed by atoms with E-state index in [1.54, 1.807) is 0 Å². The maximum atomic E-state index is 12.3. The Morgan fingerprint density at radius 1 is 1.05 bits per heavy atom. The second-order valence-corrected chi connectivity index (χ2v) is 3.74. The standard InChI is InChI=1S/C12H9F5O4/c1-20-10(18)6-4-2-3-5-7(6)11(19)21-8(9(13)14)12(15,16)17/h2-5,8-9H,1H3. The first-order chi connectivity index (χ1) is 9.68. The van der Waals surface area contributed by atoms with E-state index in [9.17, 15) is 31.5 Å². The topological polar surface area (TPSA) is 52.6 Å². The molecule has 0 bridgehead atoms. The molecule has 0 heterocycles. The van der Waals surface area contributed by atoms with Crippen LogP contribution in [0.2, 0.25) is 0 Å². The van der Waals surface area contributed by atoms with Gasteiger partial charge in [0.2, 0.25) is 0 Å². The Labute approximate surface area is 115 Å². The van der Waals surface area contributed by atoms with Crippen molar-refractivity contribution in [1.29, 1.82) is 0 Å². The van der Waals surface area contributed by atoms with Crippen molar-refractivity contribution in [2.45, 2.75) is 18.7 Å². The van der Waals surface area contributed by atoms with Gasteiger partial charge >= 0.3 is 18.1 Å². The van der Waals surface area contributed by atoms with Crippen LogP contribution in [-0.2, 0) is 9.47 Å². The highest BCUT2D eigenvalue weighted by molar-refractivity contribution is 6.03. The minimum atomic E-state index is -5.43. The summed E-state index contributed by atoms with van der Waals surface area (Å²) in [4.78, 5) is 22.9. The minimum Gasteiger partial charge on any atom is -0.465 e. The van der Waals surface area contributed by atoms with Gasteiger partial charge in [0.05, 0.1) is 18.2 Å². The van der Waals surface area contributed by atoms with Gasteiger partial charge in [0, 0.05) is 0 Å². The van der Waals surface area contributed by atoms with E-state index in [0.717, 1.165) is 19.2 Å². The van der Waals surface area contributed by atoms with Crippen LogP contribution in [0.15, 0.2) is 24.3 Å². The van der Waals surface area contributed by atoms with Gasteiger partial charge in [-0.3, -0.25) is 0 Å². The van der Waals surface area contributed by atoms with Crippen molar-refractivity contribution in [2.75, 3.05) is 7.11 Å². The number of ether oxygens (including phenoxy) is 2. The zero-order valence-electron chi connectivity index (χ0n) is 10.5. The highest BCUT2D eigenvalue weighted by Crippen LogP contribution is 2.28. The van der Waals surface area contributed by atoms with Crippen molar-refractivity contribution in [3.63, 3.8) is 0 Å². The molecule has 0 fully saturated rings. The summed E-state index contributed by atoms with van der Waals surface area (Å²) < 4.78 is 69.7. The van der Waals surface area contributed by atoms with Gasteiger partial charge in [-0.05, 0) is 12.1 Å². The van der Waals surface area contributed by atoms with E-state index in [-0.39, 0.29) is 5.56 Å². The van der Waals surface area contributed by atoms with Gasteiger partial charge in [0.1, 0.15) is 0 Å². The Hall–Kier alpha value is -2.19.